The fourth-order valence-corrected chi connectivity index (χ4v) is 12.4. The molecule has 1 aliphatic rings. The summed E-state index contributed by atoms with van der Waals surface area (Å²) in [6.45, 7) is 84.8. The van der Waals surface area contributed by atoms with E-state index < -0.39 is 35.5 Å². The summed E-state index contributed by atoms with van der Waals surface area (Å²) in [5, 5.41) is 47.7. The molecule has 1 atom stereocenters. The van der Waals surface area contributed by atoms with Crippen molar-refractivity contribution in [1.29, 1.82) is 5.41 Å². The summed E-state index contributed by atoms with van der Waals surface area (Å²) in [6.07, 6.45) is 28.5. The summed E-state index contributed by atoms with van der Waals surface area (Å²) in [4.78, 5) is 88.6. The van der Waals surface area contributed by atoms with Crippen molar-refractivity contribution in [2.24, 2.45) is 27.6 Å². The number of aldehydes is 2. The zero-order valence-electron chi connectivity index (χ0n) is 88.3. The number of aromatic hydroxyl groups is 4. The number of ketones is 2. The smallest absolute Gasteiger partial charge is 0.311 e. The number of halogens is 2. The molecule has 19 nitrogen and oxygen atoms in total. The molecule has 1 heterocycles. The fourth-order valence-electron chi connectivity index (χ4n) is 9.74. The van der Waals surface area contributed by atoms with Crippen molar-refractivity contribution in [3.63, 3.8) is 0 Å². The summed E-state index contributed by atoms with van der Waals surface area (Å²) in [7, 11) is -3.94. The minimum atomic E-state index is -1.57. The minimum Gasteiger partial charge on any atom is -0.507 e. The molecule has 1 unspecified atom stereocenters. The number of esters is 4. The summed E-state index contributed by atoms with van der Waals surface area (Å²) >= 11 is 12.1. The first kappa shape index (κ1) is 138. The second-order valence-corrected chi connectivity index (χ2v) is 58.9. The molecule has 0 amide bonds. The van der Waals surface area contributed by atoms with Crippen LogP contribution in [0.2, 0.25) is 71.0 Å². The van der Waals surface area contributed by atoms with Gasteiger partial charge in [-0.1, -0.05) is 188 Å². The second kappa shape index (κ2) is 68.8. The van der Waals surface area contributed by atoms with E-state index in [1.54, 1.807) is 27.7 Å². The molecule has 25 heteroatoms. The van der Waals surface area contributed by atoms with Crippen molar-refractivity contribution in [2.45, 2.75) is 423 Å². The third-order valence-electron chi connectivity index (χ3n) is 22.7. The van der Waals surface area contributed by atoms with E-state index in [4.69, 9.17) is 51.7 Å². The van der Waals surface area contributed by atoms with E-state index in [9.17, 15) is 58.8 Å². The molecule has 3 rings (SSSR count). The van der Waals surface area contributed by atoms with E-state index in [0.717, 1.165) is 122 Å². The van der Waals surface area contributed by atoms with Crippen molar-refractivity contribution in [1.82, 2.24) is 0 Å². The summed E-state index contributed by atoms with van der Waals surface area (Å²) in [5.74, 6) is -0.440. The molecule has 1 aliphatic heterocycles. The predicted octanol–water partition coefficient (Wildman–Crippen LogP) is 29.9. The van der Waals surface area contributed by atoms with Gasteiger partial charge < -0.3 is 65.9 Å². The Morgan fingerprint density at radius 3 is 1.04 bits per heavy atom. The molecular formula is C103H188Cl2NO18PdSi3-. The zero-order chi connectivity index (χ0) is 100.0. The van der Waals surface area contributed by atoms with Crippen molar-refractivity contribution in [3.8, 4) is 23.0 Å². The van der Waals surface area contributed by atoms with Crippen LogP contribution in [0.3, 0.4) is 0 Å². The third-order valence-corrected chi connectivity index (χ3v) is 37.2. The Kier molecular flexibility index (Phi) is 74.4. The van der Waals surface area contributed by atoms with Gasteiger partial charge in [-0.05, 0) is 304 Å². The number of cyclic esters (lactones) is 1. The van der Waals surface area contributed by atoms with E-state index >= 15 is 0 Å². The van der Waals surface area contributed by atoms with E-state index in [0.29, 0.717) is 90.9 Å². The Morgan fingerprint density at radius 2 is 0.773 bits per heavy atom. The average molecular weight is 1990 g/mol. The van der Waals surface area contributed by atoms with Gasteiger partial charge in [-0.25, -0.2) is 0 Å². The van der Waals surface area contributed by atoms with E-state index in [1.165, 1.54) is 30.4 Å². The molecule has 2 aromatic rings. The molecule has 0 spiro atoms. The van der Waals surface area contributed by atoms with Gasteiger partial charge in [-0.3, -0.25) is 33.6 Å². The largest absolute Gasteiger partial charge is 0.507 e. The number of unbranched alkanes of at least 4 members (excludes halogenated alkanes) is 5. The standard InChI is InChI=1S/C21H31ClO5.C21H29ClO5.C15H32OSi.C14H26O2.C12H26O2Si.C7H18Si.C6H12O.C5H8O2.CH3N.CH3.Pd/c2*1-13(8-6-7-11-27-20(26)21(3,4)5)9-10-15-18(24)16(12-23)14(2)17(22)19(15)25;1-8-11-14(2)12-9-10-13-16-17(6,7)15(3,4)5;1-6-9-12(2)10-7-8-11-16-13(15)14(3,4)5;1-11(13)9-7-8-10-14-15(5,6)12(2,3)4;1-7(2,3)8(4,5)6;1-5(7)6(2,3)4;6-5-3-1-2-4-7-5;1-2;;/h12-13,24-25H,6-11H2,1-5H3;9,12,24-25H,6-8,10-11H2,1-5H3;11H,8-10,12-13H2,1-7H3;9H,6-8,10-11H2,1-5H3;7-10H2,1-6H3;1-6H3;1-4H3;1-4H2;2H,1H2;1H3;/q;;;;;;;;;-1;/b;13-9+;14-11+;12-9+;;;;;;;. The predicted molar refractivity (Wildman–Crippen MR) is 545 cm³/mol. The number of carbonyl (C=O) groups excluding carboxylic acids is 8. The second-order valence-electron chi connectivity index (χ2n) is 42.5. The van der Waals surface area contributed by atoms with Gasteiger partial charge in [-0.2, -0.15) is 0 Å². The number of allylic oxidation sites excluding steroid dienone is 6. The number of Topliss-reactive ketones (excluding diaryl/α,β-unsaturated/α-hetero) is 2. The molecule has 0 aliphatic carbocycles. The average Bonchev–Trinajstić information content (AvgIpc) is 0.812. The molecule has 1 fully saturated rings. The van der Waals surface area contributed by atoms with Crippen LogP contribution in [0.15, 0.2) is 34.9 Å². The number of phenolic OH excluding ortho intramolecular Hbond substituents is 4. The number of carbonyl (C=O) groups is 8. The molecule has 0 bridgehead atoms. The minimum absolute atomic E-state index is 0. The molecular weight excluding hydrogens is 1800 g/mol. The molecule has 750 valence electrons. The Balaban J connectivity index is -0.000000222. The zero-order valence-corrected chi connectivity index (χ0v) is 94.3. The van der Waals surface area contributed by atoms with Crippen molar-refractivity contribution in [2.75, 3.05) is 39.6 Å². The maximum absolute atomic E-state index is 11.7. The molecule has 5 N–H and O–H groups in total. The van der Waals surface area contributed by atoms with Crippen LogP contribution in [0.1, 0.15) is 379 Å². The summed E-state index contributed by atoms with van der Waals surface area (Å²) in [5.41, 5.74) is 4.06. The molecule has 0 radical (unpaired) electrons. The number of benzene rings is 2. The van der Waals surface area contributed by atoms with Gasteiger partial charge in [-0.15, -0.1) is 0 Å². The number of hydrogen-bond acceptors (Lipinski definition) is 19. The van der Waals surface area contributed by atoms with Gasteiger partial charge in [0, 0.05) is 71.1 Å². The molecule has 1 saturated heterocycles. The Hall–Kier alpha value is -5.10. The van der Waals surface area contributed by atoms with Crippen LogP contribution in [-0.2, 0) is 89.8 Å². The summed E-state index contributed by atoms with van der Waals surface area (Å²) < 4.78 is 32.5. The Bertz CT molecular complexity index is 3580. The van der Waals surface area contributed by atoms with Crippen molar-refractivity contribution >= 4 is 103 Å². The van der Waals surface area contributed by atoms with Crippen LogP contribution in [0.25, 0.3) is 0 Å². The quantitative estimate of drug-likeness (QED) is 0.00619. The van der Waals surface area contributed by atoms with Crippen molar-refractivity contribution in [3.05, 3.63) is 85.8 Å². The van der Waals surface area contributed by atoms with Crippen LogP contribution < -0.4 is 0 Å². The van der Waals surface area contributed by atoms with E-state index in [2.05, 4.69) is 166 Å². The first-order valence-electron chi connectivity index (χ1n) is 46.0. The number of hydrogen-bond donors (Lipinski definition) is 5. The first-order valence-corrected chi connectivity index (χ1v) is 56.1. The van der Waals surface area contributed by atoms with E-state index in [1.807, 2.05) is 96.1 Å². The summed E-state index contributed by atoms with van der Waals surface area (Å²) in [6, 6.07) is 0. The molecule has 128 heavy (non-hydrogen) atoms. The first-order chi connectivity index (χ1) is 57.3. The number of ether oxygens (including phenoxy) is 4. The molecule has 0 aromatic heterocycles. The fraction of sp³-hybridized carbons (Fsp3) is 0.728. The SMILES string of the molecule is C/C(=C\Cc1c(O)c(Cl)c(C)c(C=O)c1O)CCCCOC(=O)C(C)(C)C.C=N.CC(=O)C(C)(C)C.CC(=O)CCCCO[Si](C)(C)C(C)(C)C.CC(C)(C)[Si](C)(C)C.CC/C=C(\C)CCCCOC(=O)C(C)(C)C.CC/C=C(\C)CCCCO[Si](C)(C)C(C)(C)C.Cc1c(Cl)c(O)c(CCC(C)CCCCOC(=O)C(C)(C)C)c(O)c1C=O.O=C1CCCCO1.[CH3-].[Pd]. The number of nitrogens with one attached hydrogen (secondary N) is 1. The molecule has 2 aromatic carbocycles. The van der Waals surface area contributed by atoms with Gasteiger partial charge in [0.05, 0.1) is 63.8 Å². The monoisotopic (exact) mass is 1990 g/mol. The maximum atomic E-state index is 11.7. The van der Waals surface area contributed by atoms with Gasteiger partial charge in [0.2, 0.25) is 0 Å². The molecule has 0 saturated carbocycles. The normalized spacial score (nSPS) is 12.9. The maximum Gasteiger partial charge on any atom is 0.311 e. The van der Waals surface area contributed by atoms with Crippen LogP contribution in [-0.4, -0.2) is 140 Å². The van der Waals surface area contributed by atoms with Gasteiger partial charge in [0.1, 0.15) is 34.6 Å². The van der Waals surface area contributed by atoms with Gasteiger partial charge >= 0.3 is 23.9 Å². The third kappa shape index (κ3) is 64.7. The topological polar surface area (TPSA) is 297 Å². The van der Waals surface area contributed by atoms with E-state index in [-0.39, 0.29) is 135 Å². The van der Waals surface area contributed by atoms with Crippen LogP contribution >= 0.6 is 23.2 Å². The number of phenols is 4. The van der Waals surface area contributed by atoms with Crippen LogP contribution in [0.4, 0.5) is 0 Å². The number of rotatable bonds is 36. The Labute approximate surface area is 808 Å². The van der Waals surface area contributed by atoms with Gasteiger partial charge in [0.15, 0.2) is 29.2 Å². The van der Waals surface area contributed by atoms with Crippen LogP contribution in [0, 0.1) is 54.3 Å². The van der Waals surface area contributed by atoms with Gasteiger partial charge in [0.25, 0.3) is 0 Å². The van der Waals surface area contributed by atoms with Crippen LogP contribution in [0.5, 0.6) is 23.0 Å². The Morgan fingerprint density at radius 1 is 0.469 bits per heavy atom. The van der Waals surface area contributed by atoms with Crippen molar-refractivity contribution < 1.29 is 107 Å².